The van der Waals surface area contributed by atoms with Crippen molar-refractivity contribution in [2.75, 3.05) is 25.5 Å². The van der Waals surface area contributed by atoms with Crippen molar-refractivity contribution in [2.45, 2.75) is 20.8 Å². The summed E-state index contributed by atoms with van der Waals surface area (Å²) in [5, 5.41) is 8.61. The van der Waals surface area contributed by atoms with Crippen LogP contribution in [0, 0.1) is 12.8 Å². The molecule has 2 amide bonds. The van der Waals surface area contributed by atoms with Gasteiger partial charge in [0.1, 0.15) is 0 Å². The van der Waals surface area contributed by atoms with E-state index in [0.29, 0.717) is 17.8 Å². The van der Waals surface area contributed by atoms with Crippen LogP contribution in [0.5, 0.6) is 0 Å². The Balaban J connectivity index is 2.82. The predicted molar refractivity (Wildman–Crippen MR) is 80.9 cm³/mol. The summed E-state index contributed by atoms with van der Waals surface area (Å²) in [5.74, 6) is -0.333. The zero-order chi connectivity index (χ0) is 15.1. The SMILES string of the molecule is CCNCC(C)C(=O)Nc1cccc(C(=O)NC)c1C. The van der Waals surface area contributed by atoms with Crippen molar-refractivity contribution < 1.29 is 9.59 Å². The molecule has 5 heteroatoms. The molecule has 20 heavy (non-hydrogen) atoms. The third-order valence-electron chi connectivity index (χ3n) is 3.21. The molecule has 3 N–H and O–H groups in total. The van der Waals surface area contributed by atoms with E-state index in [9.17, 15) is 9.59 Å². The standard InChI is InChI=1S/C15H23N3O2/c1-5-17-9-10(2)14(19)18-13-8-6-7-12(11(13)3)15(20)16-4/h6-8,10,17H,5,9H2,1-4H3,(H,16,20)(H,18,19). The molecule has 0 saturated carbocycles. The van der Waals surface area contributed by atoms with E-state index in [1.54, 1.807) is 25.2 Å². The molecule has 0 fully saturated rings. The van der Waals surface area contributed by atoms with Crippen molar-refractivity contribution in [3.63, 3.8) is 0 Å². The molecule has 0 radical (unpaired) electrons. The van der Waals surface area contributed by atoms with E-state index in [1.807, 2.05) is 20.8 Å². The summed E-state index contributed by atoms with van der Waals surface area (Å²) in [6, 6.07) is 5.31. The normalized spacial score (nSPS) is 11.8. The summed E-state index contributed by atoms with van der Waals surface area (Å²) >= 11 is 0. The van der Waals surface area contributed by atoms with Gasteiger partial charge < -0.3 is 16.0 Å². The van der Waals surface area contributed by atoms with Gasteiger partial charge in [0.15, 0.2) is 0 Å². The molecule has 0 spiro atoms. The fraction of sp³-hybridized carbons (Fsp3) is 0.467. The van der Waals surface area contributed by atoms with E-state index in [0.717, 1.165) is 12.1 Å². The second kappa shape index (κ2) is 7.65. The summed E-state index contributed by atoms with van der Waals surface area (Å²) < 4.78 is 0. The van der Waals surface area contributed by atoms with Gasteiger partial charge in [-0.1, -0.05) is 19.9 Å². The number of nitrogens with one attached hydrogen (secondary N) is 3. The Bertz CT molecular complexity index is 486. The lowest BCUT2D eigenvalue weighted by molar-refractivity contribution is -0.119. The van der Waals surface area contributed by atoms with E-state index < -0.39 is 0 Å². The first kappa shape index (κ1) is 16.2. The summed E-state index contributed by atoms with van der Waals surface area (Å²) in [6.45, 7) is 7.17. The highest BCUT2D eigenvalue weighted by atomic mass is 16.2. The van der Waals surface area contributed by atoms with Crippen LogP contribution in [0.25, 0.3) is 0 Å². The fourth-order valence-corrected chi connectivity index (χ4v) is 1.86. The zero-order valence-electron chi connectivity index (χ0n) is 12.5. The van der Waals surface area contributed by atoms with Crippen LogP contribution in [0.3, 0.4) is 0 Å². The minimum atomic E-state index is -0.153. The van der Waals surface area contributed by atoms with Gasteiger partial charge in [-0.3, -0.25) is 9.59 Å². The van der Waals surface area contributed by atoms with Gasteiger partial charge in [0.05, 0.1) is 0 Å². The molecule has 0 aliphatic rings. The lowest BCUT2D eigenvalue weighted by Gasteiger charge is -2.15. The van der Waals surface area contributed by atoms with Crippen LogP contribution in [-0.2, 0) is 4.79 Å². The van der Waals surface area contributed by atoms with E-state index in [2.05, 4.69) is 16.0 Å². The second-order valence-corrected chi connectivity index (χ2v) is 4.76. The Morgan fingerprint density at radius 2 is 2.00 bits per heavy atom. The fourth-order valence-electron chi connectivity index (χ4n) is 1.86. The Kier molecular flexibility index (Phi) is 6.18. The van der Waals surface area contributed by atoms with Gasteiger partial charge in [0.25, 0.3) is 5.91 Å². The van der Waals surface area contributed by atoms with Gasteiger partial charge in [0.2, 0.25) is 5.91 Å². The highest BCUT2D eigenvalue weighted by Crippen LogP contribution is 2.19. The summed E-state index contributed by atoms with van der Waals surface area (Å²) in [4.78, 5) is 23.8. The molecule has 0 aromatic heterocycles. The van der Waals surface area contributed by atoms with Crippen LogP contribution < -0.4 is 16.0 Å². The molecular formula is C15H23N3O2. The van der Waals surface area contributed by atoms with Gasteiger partial charge in [-0.2, -0.15) is 0 Å². The van der Waals surface area contributed by atoms with E-state index in [-0.39, 0.29) is 17.7 Å². The first-order valence-corrected chi connectivity index (χ1v) is 6.84. The molecule has 0 aliphatic heterocycles. The molecule has 0 aliphatic carbocycles. The lowest BCUT2D eigenvalue weighted by Crippen LogP contribution is -2.30. The molecule has 1 atom stereocenters. The summed E-state index contributed by atoms with van der Waals surface area (Å²) in [7, 11) is 1.59. The molecule has 110 valence electrons. The summed E-state index contributed by atoms with van der Waals surface area (Å²) in [5.41, 5.74) is 2.03. The van der Waals surface area contributed by atoms with Crippen molar-refractivity contribution in [1.82, 2.24) is 10.6 Å². The average molecular weight is 277 g/mol. The highest BCUT2D eigenvalue weighted by Gasteiger charge is 2.15. The summed E-state index contributed by atoms with van der Waals surface area (Å²) in [6.07, 6.45) is 0. The first-order chi connectivity index (χ1) is 9.51. The van der Waals surface area contributed by atoms with Crippen LogP contribution >= 0.6 is 0 Å². The van der Waals surface area contributed by atoms with Crippen LogP contribution in [0.1, 0.15) is 29.8 Å². The van der Waals surface area contributed by atoms with Crippen molar-refractivity contribution in [2.24, 2.45) is 5.92 Å². The molecule has 1 aromatic rings. The number of benzene rings is 1. The Labute approximate surface area is 120 Å². The Hall–Kier alpha value is -1.88. The van der Waals surface area contributed by atoms with Crippen LogP contribution in [0.15, 0.2) is 18.2 Å². The van der Waals surface area contributed by atoms with E-state index >= 15 is 0 Å². The van der Waals surface area contributed by atoms with Gasteiger partial charge in [0, 0.05) is 30.8 Å². The van der Waals surface area contributed by atoms with Crippen LogP contribution in [0.4, 0.5) is 5.69 Å². The van der Waals surface area contributed by atoms with Gasteiger partial charge in [-0.05, 0) is 31.2 Å². The molecule has 1 rings (SSSR count). The third-order valence-corrected chi connectivity index (χ3v) is 3.21. The van der Waals surface area contributed by atoms with Crippen molar-refractivity contribution in [3.8, 4) is 0 Å². The molecule has 0 saturated heterocycles. The highest BCUT2D eigenvalue weighted by molar-refractivity contribution is 5.99. The Morgan fingerprint density at radius 1 is 1.30 bits per heavy atom. The van der Waals surface area contributed by atoms with Crippen molar-refractivity contribution in [3.05, 3.63) is 29.3 Å². The molecule has 5 nitrogen and oxygen atoms in total. The van der Waals surface area contributed by atoms with Gasteiger partial charge in [-0.15, -0.1) is 0 Å². The second-order valence-electron chi connectivity index (χ2n) is 4.76. The number of carbonyl (C=O) groups excluding carboxylic acids is 2. The maximum atomic E-state index is 12.1. The van der Waals surface area contributed by atoms with Crippen molar-refractivity contribution >= 4 is 17.5 Å². The molecule has 0 bridgehead atoms. The first-order valence-electron chi connectivity index (χ1n) is 6.84. The van der Waals surface area contributed by atoms with Crippen LogP contribution in [0.2, 0.25) is 0 Å². The molecule has 1 unspecified atom stereocenters. The minimum absolute atomic E-state index is 0.0527. The van der Waals surface area contributed by atoms with E-state index in [4.69, 9.17) is 0 Å². The van der Waals surface area contributed by atoms with E-state index in [1.165, 1.54) is 0 Å². The quantitative estimate of drug-likeness (QED) is 0.738. The van der Waals surface area contributed by atoms with Gasteiger partial charge >= 0.3 is 0 Å². The third kappa shape index (κ3) is 4.06. The Morgan fingerprint density at radius 3 is 2.60 bits per heavy atom. The largest absolute Gasteiger partial charge is 0.355 e. The molecule has 0 heterocycles. The number of hydrogen-bond acceptors (Lipinski definition) is 3. The van der Waals surface area contributed by atoms with Gasteiger partial charge in [-0.25, -0.2) is 0 Å². The average Bonchev–Trinajstić information content (AvgIpc) is 2.45. The van der Waals surface area contributed by atoms with Crippen LogP contribution in [-0.4, -0.2) is 32.0 Å². The lowest BCUT2D eigenvalue weighted by atomic mass is 10.1. The zero-order valence-corrected chi connectivity index (χ0v) is 12.5. The number of rotatable bonds is 6. The number of hydrogen-bond donors (Lipinski definition) is 3. The topological polar surface area (TPSA) is 70.2 Å². The maximum absolute atomic E-state index is 12.1. The monoisotopic (exact) mass is 277 g/mol. The predicted octanol–water partition coefficient (Wildman–Crippen LogP) is 1.54. The smallest absolute Gasteiger partial charge is 0.251 e. The number of amides is 2. The maximum Gasteiger partial charge on any atom is 0.251 e. The number of anilines is 1. The van der Waals surface area contributed by atoms with Crippen molar-refractivity contribution in [1.29, 1.82) is 0 Å². The molecule has 1 aromatic carbocycles. The molecular weight excluding hydrogens is 254 g/mol. The minimum Gasteiger partial charge on any atom is -0.355 e. The number of carbonyl (C=O) groups is 2.